The van der Waals surface area contributed by atoms with Crippen molar-refractivity contribution in [3.8, 4) is 5.75 Å². The fourth-order valence-electron chi connectivity index (χ4n) is 1.79. The number of ketones is 1. The van der Waals surface area contributed by atoms with Crippen molar-refractivity contribution in [2.24, 2.45) is 5.92 Å². The lowest BCUT2D eigenvalue weighted by Gasteiger charge is -2.09. The third-order valence-electron chi connectivity index (χ3n) is 2.85. The molecule has 1 aliphatic heterocycles. The summed E-state index contributed by atoms with van der Waals surface area (Å²) in [6.45, 7) is 1.22. The number of hydrogen-bond acceptors (Lipinski definition) is 4. The van der Waals surface area contributed by atoms with Crippen LogP contribution in [0, 0.1) is 5.92 Å². The minimum Gasteiger partial charge on any atom is -0.486 e. The summed E-state index contributed by atoms with van der Waals surface area (Å²) in [4.78, 5) is 11.7. The Labute approximate surface area is 100 Å². The van der Waals surface area contributed by atoms with E-state index in [1.807, 2.05) is 0 Å². The molecule has 4 nitrogen and oxygen atoms in total. The first-order valence-electron chi connectivity index (χ1n) is 5.72. The average Bonchev–Trinajstić information content (AvgIpc) is 2.90. The molecule has 1 heterocycles. The molecular formula is C13H16O4. The van der Waals surface area contributed by atoms with Crippen LogP contribution >= 0.6 is 0 Å². The van der Waals surface area contributed by atoms with Crippen LogP contribution in [0.1, 0.15) is 12.0 Å². The molecule has 1 N–H and O–H groups in total. The van der Waals surface area contributed by atoms with Gasteiger partial charge in [0.1, 0.15) is 12.4 Å². The number of aliphatic hydroxyl groups excluding tert-OH is 1. The monoisotopic (exact) mass is 236 g/mol. The topological polar surface area (TPSA) is 55.8 Å². The highest BCUT2D eigenvalue weighted by molar-refractivity contribution is 5.82. The second kappa shape index (κ2) is 5.80. The maximum Gasteiger partial charge on any atom is 0.175 e. The summed E-state index contributed by atoms with van der Waals surface area (Å²) in [7, 11) is 0. The minimum absolute atomic E-state index is 0.0176. The molecule has 1 aromatic rings. The molecule has 92 valence electrons. The van der Waals surface area contributed by atoms with Crippen LogP contribution in [0.4, 0.5) is 0 Å². The van der Waals surface area contributed by atoms with E-state index >= 15 is 0 Å². The molecule has 1 atom stereocenters. The number of carbonyl (C=O) groups is 1. The lowest BCUT2D eigenvalue weighted by atomic mass is 10.0. The lowest BCUT2D eigenvalue weighted by molar-refractivity contribution is -0.124. The summed E-state index contributed by atoms with van der Waals surface area (Å²) >= 11 is 0. The fourth-order valence-corrected chi connectivity index (χ4v) is 1.79. The Morgan fingerprint density at radius 3 is 3.12 bits per heavy atom. The summed E-state index contributed by atoms with van der Waals surface area (Å²) in [6, 6.07) is 7.11. The van der Waals surface area contributed by atoms with Crippen LogP contribution in [0.15, 0.2) is 24.3 Å². The van der Waals surface area contributed by atoms with Crippen LogP contribution in [0.3, 0.4) is 0 Å². The van der Waals surface area contributed by atoms with Gasteiger partial charge >= 0.3 is 0 Å². The van der Waals surface area contributed by atoms with E-state index in [1.54, 1.807) is 24.3 Å². The Kier molecular flexibility index (Phi) is 4.12. The van der Waals surface area contributed by atoms with E-state index in [9.17, 15) is 4.79 Å². The average molecular weight is 236 g/mol. The van der Waals surface area contributed by atoms with E-state index in [2.05, 4.69) is 0 Å². The highest BCUT2D eigenvalue weighted by atomic mass is 16.5. The van der Waals surface area contributed by atoms with Gasteiger partial charge in [0, 0.05) is 12.5 Å². The number of aliphatic hydroxyl groups is 1. The van der Waals surface area contributed by atoms with Crippen LogP contribution in [-0.2, 0) is 16.1 Å². The van der Waals surface area contributed by atoms with Gasteiger partial charge in [0.15, 0.2) is 5.78 Å². The molecule has 0 spiro atoms. The predicted octanol–water partition coefficient (Wildman–Crippen LogP) is 1.16. The normalized spacial score (nSPS) is 19.2. The predicted molar refractivity (Wildman–Crippen MR) is 61.8 cm³/mol. The third kappa shape index (κ3) is 3.28. The molecule has 0 aliphatic carbocycles. The maximum absolute atomic E-state index is 11.7. The van der Waals surface area contributed by atoms with Crippen molar-refractivity contribution in [2.45, 2.75) is 13.0 Å². The first-order valence-corrected chi connectivity index (χ1v) is 5.72. The summed E-state index contributed by atoms with van der Waals surface area (Å²) in [6.07, 6.45) is 0.791. The highest BCUT2D eigenvalue weighted by Crippen LogP contribution is 2.16. The molecule has 1 unspecified atom stereocenters. The largest absolute Gasteiger partial charge is 0.486 e. The third-order valence-corrected chi connectivity index (χ3v) is 2.85. The number of carbonyl (C=O) groups excluding carboxylic acids is 1. The van der Waals surface area contributed by atoms with Crippen molar-refractivity contribution < 1.29 is 19.4 Å². The number of ether oxygens (including phenoxy) is 2. The molecule has 1 aliphatic rings. The summed E-state index contributed by atoms with van der Waals surface area (Å²) < 4.78 is 10.6. The zero-order chi connectivity index (χ0) is 12.1. The maximum atomic E-state index is 11.7. The first-order chi connectivity index (χ1) is 8.29. The van der Waals surface area contributed by atoms with Crippen LogP contribution in [0.2, 0.25) is 0 Å². The van der Waals surface area contributed by atoms with Gasteiger partial charge in [-0.1, -0.05) is 12.1 Å². The Morgan fingerprint density at radius 1 is 1.53 bits per heavy atom. The molecule has 0 amide bonds. The van der Waals surface area contributed by atoms with Crippen LogP contribution in [0.5, 0.6) is 5.75 Å². The Hall–Kier alpha value is -1.39. The van der Waals surface area contributed by atoms with E-state index in [0.29, 0.717) is 19.0 Å². The van der Waals surface area contributed by atoms with Crippen LogP contribution in [-0.4, -0.2) is 30.7 Å². The van der Waals surface area contributed by atoms with E-state index < -0.39 is 0 Å². The van der Waals surface area contributed by atoms with Gasteiger partial charge in [-0.2, -0.15) is 0 Å². The first kappa shape index (κ1) is 12.1. The second-order valence-electron chi connectivity index (χ2n) is 4.12. The number of hydrogen-bond donors (Lipinski definition) is 1. The van der Waals surface area contributed by atoms with Gasteiger partial charge < -0.3 is 14.6 Å². The molecule has 0 bridgehead atoms. The zero-order valence-corrected chi connectivity index (χ0v) is 9.59. The van der Waals surface area contributed by atoms with Gasteiger partial charge in [0.25, 0.3) is 0 Å². The molecule has 2 rings (SSSR count). The Morgan fingerprint density at radius 2 is 2.41 bits per heavy atom. The van der Waals surface area contributed by atoms with Crippen molar-refractivity contribution in [1.82, 2.24) is 0 Å². The van der Waals surface area contributed by atoms with Crippen LogP contribution < -0.4 is 4.74 Å². The van der Waals surface area contributed by atoms with Gasteiger partial charge in [-0.15, -0.1) is 0 Å². The molecule has 0 saturated carbocycles. The van der Waals surface area contributed by atoms with Gasteiger partial charge in [0.2, 0.25) is 0 Å². The van der Waals surface area contributed by atoms with Crippen molar-refractivity contribution in [3.05, 3.63) is 29.8 Å². The molecular weight excluding hydrogens is 220 g/mol. The smallest absolute Gasteiger partial charge is 0.175 e. The molecule has 1 fully saturated rings. The van der Waals surface area contributed by atoms with Crippen molar-refractivity contribution >= 4 is 5.78 Å². The van der Waals surface area contributed by atoms with Gasteiger partial charge in [-0.05, 0) is 24.1 Å². The molecule has 0 radical (unpaired) electrons. The molecule has 4 heteroatoms. The van der Waals surface area contributed by atoms with Gasteiger partial charge in [-0.3, -0.25) is 4.79 Å². The van der Waals surface area contributed by atoms with E-state index in [-0.39, 0.29) is 24.9 Å². The summed E-state index contributed by atoms with van der Waals surface area (Å²) in [5.74, 6) is 0.678. The van der Waals surface area contributed by atoms with E-state index in [0.717, 1.165) is 12.0 Å². The Bertz CT molecular complexity index is 383. The molecule has 17 heavy (non-hydrogen) atoms. The van der Waals surface area contributed by atoms with Crippen molar-refractivity contribution in [1.29, 1.82) is 0 Å². The second-order valence-corrected chi connectivity index (χ2v) is 4.12. The quantitative estimate of drug-likeness (QED) is 0.833. The standard InChI is InChI=1S/C13H16O4/c14-7-10-2-1-3-12(6-10)17-9-13(15)11-4-5-16-8-11/h1-3,6,11,14H,4-5,7-9H2. The fraction of sp³-hybridized carbons (Fsp3) is 0.462. The number of Topliss-reactive ketones (excluding diaryl/α,β-unsaturated/α-hetero) is 1. The minimum atomic E-state index is -0.0262. The highest BCUT2D eigenvalue weighted by Gasteiger charge is 2.23. The SMILES string of the molecule is O=C(COc1cccc(CO)c1)C1CCOC1. The molecule has 1 saturated heterocycles. The van der Waals surface area contributed by atoms with E-state index in [1.165, 1.54) is 0 Å². The van der Waals surface area contributed by atoms with E-state index in [4.69, 9.17) is 14.6 Å². The number of rotatable bonds is 5. The Balaban J connectivity index is 1.86. The summed E-state index contributed by atoms with van der Waals surface area (Å²) in [5, 5.41) is 8.97. The zero-order valence-electron chi connectivity index (χ0n) is 9.59. The van der Waals surface area contributed by atoms with Crippen molar-refractivity contribution in [2.75, 3.05) is 19.8 Å². The number of benzene rings is 1. The van der Waals surface area contributed by atoms with Crippen molar-refractivity contribution in [3.63, 3.8) is 0 Å². The summed E-state index contributed by atoms with van der Waals surface area (Å²) in [5.41, 5.74) is 0.777. The molecule has 1 aromatic carbocycles. The van der Waals surface area contributed by atoms with Gasteiger partial charge in [0.05, 0.1) is 13.2 Å². The molecule has 0 aromatic heterocycles. The lowest BCUT2D eigenvalue weighted by Crippen LogP contribution is -2.21. The van der Waals surface area contributed by atoms with Crippen LogP contribution in [0.25, 0.3) is 0 Å². The van der Waals surface area contributed by atoms with Gasteiger partial charge in [-0.25, -0.2) is 0 Å².